The lowest BCUT2D eigenvalue weighted by atomic mass is 9.42. The van der Waals surface area contributed by atoms with Crippen LogP contribution in [0.3, 0.4) is 0 Å². The first-order valence-corrected chi connectivity index (χ1v) is 20.3. The summed E-state index contributed by atoms with van der Waals surface area (Å²) in [4.78, 5) is 2.62. The molecule has 1 aromatic heterocycles. The number of nitrogens with zero attached hydrogens (tertiary/aromatic N) is 1. The monoisotopic (exact) mass is 685 g/mol. The van der Waals surface area contributed by atoms with E-state index in [1.165, 1.54) is 104 Å². The molecule has 5 aromatic carbocycles. The van der Waals surface area contributed by atoms with Gasteiger partial charge in [-0.25, -0.2) is 0 Å². The Morgan fingerprint density at radius 1 is 0.569 bits per heavy atom. The molecule has 6 aliphatic rings. The van der Waals surface area contributed by atoms with Crippen LogP contribution in [0.5, 0.6) is 11.5 Å². The van der Waals surface area contributed by atoms with Crippen LogP contribution in [0.1, 0.15) is 94.9 Å². The van der Waals surface area contributed by atoms with Crippen molar-refractivity contribution in [2.45, 2.75) is 88.9 Å². The topological polar surface area (TPSA) is 12.5 Å². The van der Waals surface area contributed by atoms with Crippen LogP contribution in [-0.2, 0) is 16.2 Å². The zero-order chi connectivity index (χ0) is 34.3. The summed E-state index contributed by atoms with van der Waals surface area (Å²) in [6.07, 6.45) is 9.24. The molecule has 1 spiro atoms. The van der Waals surface area contributed by atoms with E-state index in [4.69, 9.17) is 4.74 Å². The van der Waals surface area contributed by atoms with Gasteiger partial charge in [0.15, 0.2) is 0 Å². The maximum Gasteiger partial charge on any atom is 0.131 e. The Morgan fingerprint density at radius 3 is 2.04 bits per heavy atom. The number of thiophene rings is 1. The van der Waals surface area contributed by atoms with Crippen molar-refractivity contribution in [1.29, 1.82) is 0 Å². The molecule has 2 heterocycles. The third-order valence-corrected chi connectivity index (χ3v) is 15.5. The van der Waals surface area contributed by atoms with E-state index < -0.39 is 0 Å². The second kappa shape index (κ2) is 10.5. The summed E-state index contributed by atoms with van der Waals surface area (Å²) in [5.74, 6) is 5.27. The van der Waals surface area contributed by atoms with E-state index in [-0.39, 0.29) is 16.2 Å². The number of para-hydroxylation sites is 1. The third-order valence-electron chi connectivity index (χ3n) is 14.3. The molecule has 0 N–H and O–H groups in total. The lowest BCUT2D eigenvalue weighted by Gasteiger charge is -2.63. The number of fused-ring (bicyclic) bond motifs is 6. The summed E-state index contributed by atoms with van der Waals surface area (Å²) in [5.41, 5.74) is 9.85. The van der Waals surface area contributed by atoms with Gasteiger partial charge >= 0.3 is 0 Å². The summed E-state index contributed by atoms with van der Waals surface area (Å²) in [6, 6.07) is 39.6. The lowest BCUT2D eigenvalue weighted by molar-refractivity contribution is -0.0452. The predicted octanol–water partition coefficient (Wildman–Crippen LogP) is 13.7. The quantitative estimate of drug-likeness (QED) is 0.184. The molecule has 6 aromatic rings. The van der Waals surface area contributed by atoms with E-state index in [0.29, 0.717) is 11.8 Å². The van der Waals surface area contributed by atoms with Crippen LogP contribution < -0.4 is 9.64 Å². The minimum absolute atomic E-state index is 0.00414. The standard InChI is InChI=1S/C48H47NOS/c1-46(2)20-21-47(3,4)45-38(46)12-9-13-40(45)49(33-17-19-44-36(27-33)35-10-5-8-15-43(35)51-44)34-16-18-42-39(28-34)48(37-11-6-7-14-41(37)50-42)31-23-29-22-30(25-31)26-32(48)24-29/h5-19,27-32H,20-26H2,1-4H3. The first kappa shape index (κ1) is 30.5. The largest absolute Gasteiger partial charge is 0.457 e. The van der Waals surface area contributed by atoms with Gasteiger partial charge in [0.05, 0.1) is 5.69 Å². The van der Waals surface area contributed by atoms with Crippen LogP contribution in [0.25, 0.3) is 20.2 Å². The fraction of sp³-hybridized carbons (Fsp3) is 0.375. The summed E-state index contributed by atoms with van der Waals surface area (Å²) >= 11 is 1.90. The molecule has 0 amide bonds. The average molecular weight is 686 g/mol. The molecule has 51 heavy (non-hydrogen) atoms. The molecule has 4 fully saturated rings. The Bertz CT molecular complexity index is 2370. The Labute approximate surface area is 306 Å². The Balaban J connectivity index is 1.18. The molecule has 4 bridgehead atoms. The van der Waals surface area contributed by atoms with Gasteiger partial charge in [-0.2, -0.15) is 0 Å². The molecule has 0 atom stereocenters. The van der Waals surface area contributed by atoms with Gasteiger partial charge in [0.25, 0.3) is 0 Å². The molecule has 256 valence electrons. The van der Waals surface area contributed by atoms with Crippen molar-refractivity contribution in [3.8, 4) is 11.5 Å². The smallest absolute Gasteiger partial charge is 0.131 e. The minimum atomic E-state index is 0.00414. The van der Waals surface area contributed by atoms with E-state index >= 15 is 0 Å². The Kier molecular flexibility index (Phi) is 6.29. The average Bonchev–Trinajstić information content (AvgIpc) is 3.50. The number of hydrogen-bond donors (Lipinski definition) is 0. The van der Waals surface area contributed by atoms with Crippen LogP contribution in [0, 0.1) is 23.7 Å². The van der Waals surface area contributed by atoms with Crippen molar-refractivity contribution in [2.75, 3.05) is 4.90 Å². The van der Waals surface area contributed by atoms with E-state index in [2.05, 4.69) is 136 Å². The van der Waals surface area contributed by atoms with Crippen LogP contribution >= 0.6 is 11.3 Å². The number of anilines is 3. The molecule has 5 aliphatic carbocycles. The number of rotatable bonds is 3. The van der Waals surface area contributed by atoms with Gasteiger partial charge in [-0.05, 0) is 145 Å². The summed E-state index contributed by atoms with van der Waals surface area (Å²) < 4.78 is 9.58. The highest BCUT2D eigenvalue weighted by molar-refractivity contribution is 7.25. The third kappa shape index (κ3) is 4.22. The van der Waals surface area contributed by atoms with Crippen molar-refractivity contribution in [2.24, 2.45) is 23.7 Å². The molecule has 4 saturated carbocycles. The molecule has 3 heteroatoms. The predicted molar refractivity (Wildman–Crippen MR) is 214 cm³/mol. The van der Waals surface area contributed by atoms with Crippen LogP contribution in [0.15, 0.2) is 103 Å². The molecule has 12 rings (SSSR count). The number of hydrogen-bond acceptors (Lipinski definition) is 3. The van der Waals surface area contributed by atoms with Gasteiger partial charge < -0.3 is 9.64 Å². The maximum atomic E-state index is 6.88. The van der Waals surface area contributed by atoms with E-state index in [9.17, 15) is 0 Å². The first-order valence-electron chi connectivity index (χ1n) is 19.5. The molecule has 0 saturated heterocycles. The first-order chi connectivity index (χ1) is 24.7. The zero-order valence-corrected chi connectivity index (χ0v) is 31.2. The SMILES string of the molecule is CC1(C)CCC(C)(C)c2c(N(c3ccc4c(c3)C3(c5ccccc5O4)C4CC5CC(C4)CC3C5)c3ccc4sc5ccccc5c4c3)cccc21. The maximum absolute atomic E-state index is 6.88. The summed E-state index contributed by atoms with van der Waals surface area (Å²) in [7, 11) is 0. The van der Waals surface area contributed by atoms with Crippen LogP contribution in [0.4, 0.5) is 17.1 Å². The van der Waals surface area contributed by atoms with Gasteiger partial charge in [0.2, 0.25) is 0 Å². The molecular weight excluding hydrogens is 639 g/mol. The van der Waals surface area contributed by atoms with Crippen molar-refractivity contribution < 1.29 is 4.74 Å². The van der Waals surface area contributed by atoms with Gasteiger partial charge in [0, 0.05) is 48.1 Å². The normalized spacial score (nSPS) is 27.6. The summed E-state index contributed by atoms with van der Waals surface area (Å²) in [5, 5.41) is 2.69. The highest BCUT2D eigenvalue weighted by Crippen LogP contribution is 2.69. The van der Waals surface area contributed by atoms with Crippen LogP contribution in [0.2, 0.25) is 0 Å². The minimum Gasteiger partial charge on any atom is -0.457 e. The van der Waals surface area contributed by atoms with Crippen LogP contribution in [-0.4, -0.2) is 0 Å². The second-order valence-corrected chi connectivity index (χ2v) is 19.1. The van der Waals surface area contributed by atoms with E-state index in [1.54, 1.807) is 0 Å². The zero-order valence-electron chi connectivity index (χ0n) is 30.3. The number of benzene rings is 5. The van der Waals surface area contributed by atoms with Crippen molar-refractivity contribution in [3.05, 3.63) is 125 Å². The fourth-order valence-electron chi connectivity index (χ4n) is 12.2. The Hall–Kier alpha value is -4.08. The molecule has 1 aliphatic heterocycles. The highest BCUT2D eigenvalue weighted by Gasteiger charge is 2.61. The molecule has 0 radical (unpaired) electrons. The fourth-order valence-corrected chi connectivity index (χ4v) is 13.3. The van der Waals surface area contributed by atoms with Gasteiger partial charge in [-0.3, -0.25) is 0 Å². The van der Waals surface area contributed by atoms with Gasteiger partial charge in [0.1, 0.15) is 11.5 Å². The van der Waals surface area contributed by atoms with Crippen molar-refractivity contribution in [1.82, 2.24) is 0 Å². The van der Waals surface area contributed by atoms with Crippen molar-refractivity contribution >= 4 is 48.6 Å². The van der Waals surface area contributed by atoms with Crippen molar-refractivity contribution in [3.63, 3.8) is 0 Å². The molecule has 2 nitrogen and oxygen atoms in total. The molecular formula is C48H47NOS. The number of ether oxygens (including phenoxy) is 1. The van der Waals surface area contributed by atoms with Gasteiger partial charge in [-0.1, -0.05) is 76.2 Å². The van der Waals surface area contributed by atoms with E-state index in [0.717, 1.165) is 23.3 Å². The van der Waals surface area contributed by atoms with Gasteiger partial charge in [-0.15, -0.1) is 11.3 Å². The summed E-state index contributed by atoms with van der Waals surface area (Å²) in [6.45, 7) is 9.84. The highest BCUT2D eigenvalue weighted by atomic mass is 32.1. The Morgan fingerprint density at radius 2 is 1.22 bits per heavy atom. The van der Waals surface area contributed by atoms with E-state index in [1.807, 2.05) is 11.3 Å². The second-order valence-electron chi connectivity index (χ2n) is 18.0. The lowest BCUT2D eigenvalue weighted by Crippen LogP contribution is -2.57. The molecule has 0 unspecified atom stereocenters.